The molecule has 2 heterocycles. The van der Waals surface area contributed by atoms with E-state index < -0.39 is 42.2 Å². The molecule has 2 rings (SSSR count). The van der Waals surface area contributed by atoms with Gasteiger partial charge in [0, 0.05) is 4.91 Å². The normalized spacial score (nSPS) is 30.7. The molecule has 0 aromatic rings. The molecule has 1 saturated heterocycles. The van der Waals surface area contributed by atoms with Crippen molar-refractivity contribution in [3.63, 3.8) is 0 Å². The van der Waals surface area contributed by atoms with E-state index in [1.165, 1.54) is 12.0 Å². The predicted molar refractivity (Wildman–Crippen MR) is 86.0 cm³/mol. The van der Waals surface area contributed by atoms with Crippen LogP contribution in [0.5, 0.6) is 0 Å². The summed E-state index contributed by atoms with van der Waals surface area (Å²) in [4.78, 5) is 25.2. The van der Waals surface area contributed by atoms with E-state index in [2.05, 4.69) is 20.1 Å². The van der Waals surface area contributed by atoms with E-state index in [0.717, 1.165) is 13.3 Å². The van der Waals surface area contributed by atoms with Gasteiger partial charge in [-0.2, -0.15) is 0 Å². The van der Waals surface area contributed by atoms with Crippen LogP contribution in [0.25, 0.3) is 10.4 Å². The number of nitrogens with zero attached hydrogens (tertiary/aromatic N) is 3. The van der Waals surface area contributed by atoms with Crippen LogP contribution in [0.3, 0.4) is 0 Å². The number of ether oxygens (including phenoxy) is 4. The molecule has 0 saturated carbocycles. The van der Waals surface area contributed by atoms with Crippen molar-refractivity contribution in [2.24, 2.45) is 5.11 Å². The van der Waals surface area contributed by atoms with Gasteiger partial charge >= 0.3 is 5.97 Å². The molecule has 4 unspecified atom stereocenters. The number of aliphatic hydroxyl groups excluding tert-OH is 1. The molecule has 0 bridgehead atoms. The fraction of sp³-hybridized carbons (Fsp3) is 0.667. The Morgan fingerprint density at radius 2 is 2.38 bits per heavy atom. The third-order valence-electron chi connectivity index (χ3n) is 3.96. The van der Waals surface area contributed by atoms with Crippen molar-refractivity contribution in [3.05, 3.63) is 28.5 Å². The van der Waals surface area contributed by atoms with Crippen molar-refractivity contribution in [1.82, 2.24) is 5.32 Å². The molecule has 2 N–H and O–H groups in total. The maximum atomic E-state index is 11.9. The van der Waals surface area contributed by atoms with Crippen molar-refractivity contribution in [1.29, 1.82) is 0 Å². The highest BCUT2D eigenvalue weighted by Crippen LogP contribution is 2.30. The lowest BCUT2D eigenvalue weighted by molar-refractivity contribution is -0.168. The SMILES string of the molecule is COC(=O)C1=CC(N=[N+]=[N-])C(NC=C=O)[C@H](C(O)C2COC(C)(C)O2)O1. The molecule has 11 heteroatoms. The third-order valence-corrected chi connectivity index (χ3v) is 3.96. The minimum absolute atomic E-state index is 0.0910. The third kappa shape index (κ3) is 4.34. The van der Waals surface area contributed by atoms with Crippen molar-refractivity contribution in [3.8, 4) is 0 Å². The number of hydrogen-bond acceptors (Lipinski definition) is 9. The number of carbonyl (C=O) groups excluding carboxylic acids is 2. The smallest absolute Gasteiger partial charge is 0.372 e. The first kappa shape index (κ1) is 19.8. The molecule has 2 aliphatic rings. The molecule has 11 nitrogen and oxygen atoms in total. The number of aliphatic hydroxyl groups is 1. The lowest BCUT2D eigenvalue weighted by Gasteiger charge is -2.38. The monoisotopic (exact) mass is 368 g/mol. The number of azide groups is 1. The minimum Gasteiger partial charge on any atom is -0.478 e. The van der Waals surface area contributed by atoms with Gasteiger partial charge in [0.2, 0.25) is 5.76 Å². The van der Waals surface area contributed by atoms with Gasteiger partial charge in [0.1, 0.15) is 24.3 Å². The summed E-state index contributed by atoms with van der Waals surface area (Å²) in [5.41, 5.74) is 8.80. The zero-order chi connectivity index (χ0) is 19.3. The van der Waals surface area contributed by atoms with E-state index in [-0.39, 0.29) is 12.4 Å². The second kappa shape index (κ2) is 8.22. The first-order valence-corrected chi connectivity index (χ1v) is 7.79. The lowest BCUT2D eigenvalue weighted by Crippen LogP contribution is -2.57. The topological polar surface area (TPSA) is 152 Å². The molecule has 0 aromatic heterocycles. The Morgan fingerprint density at radius 3 is 2.92 bits per heavy atom. The van der Waals surface area contributed by atoms with E-state index in [1.807, 2.05) is 0 Å². The molecule has 0 aromatic carbocycles. The van der Waals surface area contributed by atoms with Crippen LogP contribution in [0.2, 0.25) is 0 Å². The molecule has 0 radical (unpaired) electrons. The summed E-state index contributed by atoms with van der Waals surface area (Å²) in [5, 5.41) is 17.0. The molecular formula is C15H20N4O7. The maximum absolute atomic E-state index is 11.9. The van der Waals surface area contributed by atoms with Gasteiger partial charge in [-0.15, -0.1) is 0 Å². The number of hydrogen-bond donors (Lipinski definition) is 2. The summed E-state index contributed by atoms with van der Waals surface area (Å²) in [6.07, 6.45) is -0.916. The quantitative estimate of drug-likeness (QED) is 0.217. The highest BCUT2D eigenvalue weighted by atomic mass is 16.7. The molecule has 2 aliphatic heterocycles. The molecule has 0 aliphatic carbocycles. The van der Waals surface area contributed by atoms with E-state index >= 15 is 0 Å². The summed E-state index contributed by atoms with van der Waals surface area (Å²) >= 11 is 0. The fourth-order valence-corrected chi connectivity index (χ4v) is 2.79. The summed E-state index contributed by atoms with van der Waals surface area (Å²) in [6.45, 7) is 3.47. The zero-order valence-corrected chi connectivity index (χ0v) is 14.5. The van der Waals surface area contributed by atoms with Crippen LogP contribution in [0.4, 0.5) is 0 Å². The van der Waals surface area contributed by atoms with E-state index in [9.17, 15) is 14.7 Å². The van der Waals surface area contributed by atoms with Gasteiger partial charge in [0.25, 0.3) is 0 Å². The summed E-state index contributed by atoms with van der Waals surface area (Å²) in [6, 6.07) is -1.80. The van der Waals surface area contributed by atoms with Crippen LogP contribution in [-0.2, 0) is 28.5 Å². The van der Waals surface area contributed by atoms with Crippen molar-refractivity contribution < 1.29 is 33.6 Å². The number of methoxy groups -OCH3 is 1. The van der Waals surface area contributed by atoms with Gasteiger partial charge in [0.05, 0.1) is 32.0 Å². The second-order valence-corrected chi connectivity index (χ2v) is 6.11. The largest absolute Gasteiger partial charge is 0.478 e. The summed E-state index contributed by atoms with van der Waals surface area (Å²) in [5.74, 6) is -0.373. The Kier molecular flexibility index (Phi) is 6.25. The molecular weight excluding hydrogens is 348 g/mol. The van der Waals surface area contributed by atoms with E-state index in [1.54, 1.807) is 13.8 Å². The van der Waals surface area contributed by atoms with Gasteiger partial charge in [-0.1, -0.05) is 5.11 Å². The number of carbonyl (C=O) groups is 1. The lowest BCUT2D eigenvalue weighted by atomic mass is 9.92. The molecule has 0 amide bonds. The predicted octanol–water partition coefficient (Wildman–Crippen LogP) is -0.0631. The van der Waals surface area contributed by atoms with Crippen LogP contribution < -0.4 is 5.32 Å². The molecule has 5 atom stereocenters. The van der Waals surface area contributed by atoms with Gasteiger partial charge in [-0.25, -0.2) is 9.59 Å². The van der Waals surface area contributed by atoms with Gasteiger partial charge in [-0.3, -0.25) is 0 Å². The van der Waals surface area contributed by atoms with Gasteiger partial charge in [-0.05, 0) is 25.5 Å². The first-order chi connectivity index (χ1) is 12.3. The van der Waals surface area contributed by atoms with Crippen molar-refractivity contribution >= 4 is 11.9 Å². The maximum Gasteiger partial charge on any atom is 0.372 e. The van der Waals surface area contributed by atoms with E-state index in [4.69, 9.17) is 19.7 Å². The molecule has 0 spiro atoms. The van der Waals surface area contributed by atoms with Crippen LogP contribution in [0.1, 0.15) is 13.8 Å². The van der Waals surface area contributed by atoms with Crippen LogP contribution in [0.15, 0.2) is 23.1 Å². The number of nitrogens with one attached hydrogen (secondary N) is 1. The number of rotatable bonds is 6. The Balaban J connectivity index is 2.35. The molecule has 26 heavy (non-hydrogen) atoms. The average molecular weight is 368 g/mol. The molecule has 1 fully saturated rings. The Labute approximate surface area is 149 Å². The summed E-state index contributed by atoms with van der Waals surface area (Å²) in [7, 11) is 1.16. The van der Waals surface area contributed by atoms with Crippen LogP contribution >= 0.6 is 0 Å². The van der Waals surface area contributed by atoms with Gasteiger partial charge < -0.3 is 29.4 Å². The second-order valence-electron chi connectivity index (χ2n) is 6.11. The highest BCUT2D eigenvalue weighted by Gasteiger charge is 2.47. The Hall–Kier alpha value is -2.55. The molecule has 142 valence electrons. The Bertz CT molecular complexity index is 667. The first-order valence-electron chi connectivity index (χ1n) is 7.79. The highest BCUT2D eigenvalue weighted by molar-refractivity contribution is 5.86. The number of esters is 1. The summed E-state index contributed by atoms with van der Waals surface area (Å²) < 4.78 is 21.3. The zero-order valence-electron chi connectivity index (χ0n) is 14.5. The average Bonchev–Trinajstić information content (AvgIpc) is 2.98. The van der Waals surface area contributed by atoms with Crippen molar-refractivity contribution in [2.75, 3.05) is 13.7 Å². The standard InChI is InChI=1S/C15H20N4O7/c1-15(2)24-7-10(26-15)12(21)13-11(17-4-5-20)8(18-19-16)6-9(25-13)14(22)23-3/h4,6,8,10-13,17,21H,7H2,1-3H3/t8?,10?,11?,12?,13-/m1/s1. The van der Waals surface area contributed by atoms with Crippen molar-refractivity contribution in [2.45, 2.75) is 50.0 Å². The minimum atomic E-state index is -1.26. The Morgan fingerprint density at radius 1 is 1.65 bits per heavy atom. The van der Waals surface area contributed by atoms with Crippen LogP contribution in [0, 0.1) is 0 Å². The fourth-order valence-electron chi connectivity index (χ4n) is 2.79. The van der Waals surface area contributed by atoms with Gasteiger partial charge in [0.15, 0.2) is 5.79 Å². The van der Waals surface area contributed by atoms with E-state index in [0.29, 0.717) is 0 Å². The van der Waals surface area contributed by atoms with Crippen LogP contribution in [-0.4, -0.2) is 66.9 Å².